The lowest BCUT2D eigenvalue weighted by Gasteiger charge is -2.07. The molecule has 2 rings (SSSR count). The van der Waals surface area contributed by atoms with Crippen molar-refractivity contribution in [3.05, 3.63) is 41.5 Å². The molecule has 0 aliphatic rings. The molecule has 1 aromatic carbocycles. The number of aryl methyl sites for hydroxylation is 1. The lowest BCUT2D eigenvalue weighted by atomic mass is 10.2. The molecular formula is C12H15FN4O. The predicted molar refractivity (Wildman–Crippen MR) is 65.6 cm³/mol. The number of nitrogens with zero attached hydrogens (tertiary/aromatic N) is 3. The van der Waals surface area contributed by atoms with Crippen LogP contribution in [0.4, 0.5) is 10.1 Å². The summed E-state index contributed by atoms with van der Waals surface area (Å²) >= 11 is 0. The van der Waals surface area contributed by atoms with Crippen molar-refractivity contribution in [2.24, 2.45) is 0 Å². The number of hydrogen-bond acceptors (Lipinski definition) is 4. The number of hydrogen-bond donors (Lipinski definition) is 2. The average Bonchev–Trinajstić information content (AvgIpc) is 2.76. The van der Waals surface area contributed by atoms with Gasteiger partial charge in [-0.15, -0.1) is 5.10 Å². The summed E-state index contributed by atoms with van der Waals surface area (Å²) in [4.78, 5) is 0. The minimum Gasteiger partial charge on any atom is -0.394 e. The molecule has 0 aliphatic heterocycles. The smallest absolute Gasteiger partial charge is 0.123 e. The summed E-state index contributed by atoms with van der Waals surface area (Å²) in [6.45, 7) is 2.82. The van der Waals surface area contributed by atoms with Crippen molar-refractivity contribution in [1.29, 1.82) is 0 Å². The number of aliphatic hydroxyl groups is 1. The zero-order chi connectivity index (χ0) is 13.0. The third-order valence-corrected chi connectivity index (χ3v) is 2.56. The number of nitrogens with one attached hydrogen (secondary N) is 1. The van der Waals surface area contributed by atoms with E-state index in [1.807, 2.05) is 6.92 Å². The highest BCUT2D eigenvalue weighted by molar-refractivity contribution is 5.50. The van der Waals surface area contributed by atoms with E-state index >= 15 is 0 Å². The van der Waals surface area contributed by atoms with E-state index in [0.717, 1.165) is 16.9 Å². The van der Waals surface area contributed by atoms with Gasteiger partial charge in [0, 0.05) is 5.69 Å². The Labute approximate surface area is 104 Å². The molecule has 0 bridgehead atoms. The van der Waals surface area contributed by atoms with Crippen molar-refractivity contribution in [2.45, 2.75) is 20.0 Å². The molecule has 1 heterocycles. The van der Waals surface area contributed by atoms with Gasteiger partial charge in [-0.05, 0) is 30.7 Å². The van der Waals surface area contributed by atoms with E-state index in [0.29, 0.717) is 13.1 Å². The highest BCUT2D eigenvalue weighted by Gasteiger charge is 2.03. The van der Waals surface area contributed by atoms with Gasteiger partial charge in [0.15, 0.2) is 0 Å². The van der Waals surface area contributed by atoms with Crippen LogP contribution in [0.25, 0.3) is 0 Å². The van der Waals surface area contributed by atoms with Gasteiger partial charge < -0.3 is 10.4 Å². The van der Waals surface area contributed by atoms with E-state index in [1.165, 1.54) is 12.1 Å². The number of aliphatic hydroxyl groups excluding tert-OH is 1. The molecular weight excluding hydrogens is 235 g/mol. The summed E-state index contributed by atoms with van der Waals surface area (Å²) in [5, 5.41) is 19.8. The summed E-state index contributed by atoms with van der Waals surface area (Å²) in [7, 11) is 0. The Bertz CT molecular complexity index is 527. The van der Waals surface area contributed by atoms with Crippen LogP contribution in [0.1, 0.15) is 11.3 Å². The zero-order valence-corrected chi connectivity index (χ0v) is 10.1. The van der Waals surface area contributed by atoms with Gasteiger partial charge in [0.2, 0.25) is 0 Å². The van der Waals surface area contributed by atoms with Crippen LogP contribution in [0.3, 0.4) is 0 Å². The first-order valence-electron chi connectivity index (χ1n) is 5.69. The first-order chi connectivity index (χ1) is 8.69. The van der Waals surface area contributed by atoms with Gasteiger partial charge in [-0.3, -0.25) is 0 Å². The van der Waals surface area contributed by atoms with Crippen LogP contribution in [0.15, 0.2) is 24.4 Å². The van der Waals surface area contributed by atoms with Crippen molar-refractivity contribution in [3.8, 4) is 0 Å². The topological polar surface area (TPSA) is 63.0 Å². The van der Waals surface area contributed by atoms with Gasteiger partial charge in [0.25, 0.3) is 0 Å². The van der Waals surface area contributed by atoms with E-state index in [2.05, 4.69) is 15.6 Å². The fourth-order valence-electron chi connectivity index (χ4n) is 1.64. The molecule has 0 spiro atoms. The van der Waals surface area contributed by atoms with Gasteiger partial charge >= 0.3 is 0 Å². The molecule has 2 aromatic rings. The molecule has 0 unspecified atom stereocenters. The summed E-state index contributed by atoms with van der Waals surface area (Å²) < 4.78 is 14.5. The lowest BCUT2D eigenvalue weighted by molar-refractivity contribution is 0.268. The molecule has 18 heavy (non-hydrogen) atoms. The molecule has 0 fully saturated rings. The van der Waals surface area contributed by atoms with E-state index < -0.39 is 0 Å². The number of anilines is 1. The summed E-state index contributed by atoms with van der Waals surface area (Å²) in [5.74, 6) is -0.244. The minimum absolute atomic E-state index is 0.0350. The largest absolute Gasteiger partial charge is 0.394 e. The Kier molecular flexibility index (Phi) is 3.88. The first-order valence-corrected chi connectivity index (χ1v) is 5.69. The van der Waals surface area contributed by atoms with Gasteiger partial charge in [0.1, 0.15) is 11.5 Å². The molecule has 2 N–H and O–H groups in total. The molecule has 0 saturated carbocycles. The molecule has 0 amide bonds. The summed E-state index contributed by atoms with van der Waals surface area (Å²) in [6.07, 6.45) is 1.77. The van der Waals surface area contributed by atoms with Crippen LogP contribution in [0, 0.1) is 12.7 Å². The monoisotopic (exact) mass is 250 g/mol. The Hall–Kier alpha value is -1.95. The van der Waals surface area contributed by atoms with E-state index in [9.17, 15) is 4.39 Å². The molecule has 0 atom stereocenters. The van der Waals surface area contributed by atoms with Gasteiger partial charge in [-0.1, -0.05) is 5.21 Å². The van der Waals surface area contributed by atoms with Crippen LogP contribution < -0.4 is 5.32 Å². The van der Waals surface area contributed by atoms with Crippen molar-refractivity contribution < 1.29 is 9.50 Å². The van der Waals surface area contributed by atoms with Crippen LogP contribution in [-0.4, -0.2) is 26.7 Å². The summed E-state index contributed by atoms with van der Waals surface area (Å²) in [5.41, 5.74) is 2.48. The Balaban J connectivity index is 1.97. The third kappa shape index (κ3) is 3.04. The quantitative estimate of drug-likeness (QED) is 0.840. The zero-order valence-electron chi connectivity index (χ0n) is 10.1. The highest BCUT2D eigenvalue weighted by Crippen LogP contribution is 2.16. The second kappa shape index (κ2) is 5.59. The van der Waals surface area contributed by atoms with Crippen LogP contribution in [-0.2, 0) is 13.1 Å². The van der Waals surface area contributed by atoms with E-state index in [4.69, 9.17) is 5.11 Å². The van der Waals surface area contributed by atoms with E-state index in [1.54, 1.807) is 16.9 Å². The summed E-state index contributed by atoms with van der Waals surface area (Å²) in [6, 6.07) is 4.59. The second-order valence-corrected chi connectivity index (χ2v) is 4.01. The first kappa shape index (κ1) is 12.5. The molecule has 0 radical (unpaired) electrons. The molecule has 0 saturated heterocycles. The SMILES string of the molecule is Cc1cc(F)ccc1NCc1cn(CCO)nn1. The maximum Gasteiger partial charge on any atom is 0.123 e. The van der Waals surface area contributed by atoms with Crippen molar-refractivity contribution in [3.63, 3.8) is 0 Å². The lowest BCUT2D eigenvalue weighted by Crippen LogP contribution is -2.02. The molecule has 96 valence electrons. The molecule has 5 nitrogen and oxygen atoms in total. The number of benzene rings is 1. The van der Waals surface area contributed by atoms with Gasteiger partial charge in [-0.2, -0.15) is 0 Å². The van der Waals surface area contributed by atoms with Crippen LogP contribution in [0.5, 0.6) is 0 Å². The number of halogens is 1. The third-order valence-electron chi connectivity index (χ3n) is 2.56. The molecule has 6 heteroatoms. The number of rotatable bonds is 5. The Morgan fingerprint density at radius 3 is 3.00 bits per heavy atom. The number of aromatic nitrogens is 3. The fraction of sp³-hybridized carbons (Fsp3) is 0.333. The van der Waals surface area contributed by atoms with E-state index in [-0.39, 0.29) is 12.4 Å². The average molecular weight is 250 g/mol. The Morgan fingerprint density at radius 1 is 1.44 bits per heavy atom. The highest BCUT2D eigenvalue weighted by atomic mass is 19.1. The molecule has 0 aliphatic carbocycles. The van der Waals surface area contributed by atoms with Crippen molar-refractivity contribution in [1.82, 2.24) is 15.0 Å². The fourth-order valence-corrected chi connectivity index (χ4v) is 1.64. The van der Waals surface area contributed by atoms with Crippen molar-refractivity contribution >= 4 is 5.69 Å². The van der Waals surface area contributed by atoms with Crippen LogP contribution in [0.2, 0.25) is 0 Å². The second-order valence-electron chi connectivity index (χ2n) is 4.01. The minimum atomic E-state index is -0.244. The molecule has 1 aromatic heterocycles. The van der Waals surface area contributed by atoms with Gasteiger partial charge in [0.05, 0.1) is 25.9 Å². The predicted octanol–water partition coefficient (Wildman–Crippen LogP) is 1.33. The Morgan fingerprint density at radius 2 is 2.28 bits per heavy atom. The van der Waals surface area contributed by atoms with Gasteiger partial charge in [-0.25, -0.2) is 9.07 Å². The maximum atomic E-state index is 12.9. The van der Waals surface area contributed by atoms with Crippen LogP contribution >= 0.6 is 0 Å². The normalized spacial score (nSPS) is 10.6. The van der Waals surface area contributed by atoms with Crippen molar-refractivity contribution in [2.75, 3.05) is 11.9 Å². The maximum absolute atomic E-state index is 12.9. The standard InChI is InChI=1S/C12H15FN4O/c1-9-6-10(13)2-3-12(9)14-7-11-8-17(4-5-18)16-15-11/h2-3,6,8,14,18H,4-5,7H2,1H3.